The number of aromatic nitrogens is 4. The molecule has 2 aromatic heterocycles. The fraction of sp³-hybridized carbons (Fsp3) is 0.500. The van der Waals surface area contributed by atoms with E-state index >= 15 is 0 Å². The second kappa shape index (κ2) is 5.18. The van der Waals surface area contributed by atoms with E-state index in [0.717, 1.165) is 35.4 Å². The highest BCUT2D eigenvalue weighted by Gasteiger charge is 2.24. The molecule has 6 nitrogen and oxygen atoms in total. The number of hydrogen-bond donors (Lipinski definition) is 1. The lowest BCUT2D eigenvalue weighted by Gasteiger charge is -2.19. The monoisotopic (exact) mass is 276 g/mol. The summed E-state index contributed by atoms with van der Waals surface area (Å²) >= 11 is 1.46. The zero-order chi connectivity index (χ0) is 13.2. The SMILES string of the molecule is Cc1nc(Nc2nncs2)cc(C2CCCN2C)n1. The van der Waals surface area contributed by atoms with Crippen LogP contribution in [0.1, 0.15) is 30.4 Å². The summed E-state index contributed by atoms with van der Waals surface area (Å²) in [4.78, 5) is 11.3. The van der Waals surface area contributed by atoms with Gasteiger partial charge in [-0.2, -0.15) is 0 Å². The second-order valence-corrected chi connectivity index (χ2v) is 5.57. The van der Waals surface area contributed by atoms with E-state index in [2.05, 4.69) is 37.4 Å². The van der Waals surface area contributed by atoms with E-state index in [1.807, 2.05) is 13.0 Å². The Kier molecular flexibility index (Phi) is 3.39. The predicted octanol–water partition coefficient (Wildman–Crippen LogP) is 2.15. The molecule has 7 heteroatoms. The Bertz CT molecular complexity index is 555. The molecule has 1 N–H and O–H groups in total. The van der Waals surface area contributed by atoms with Crippen LogP contribution in [-0.4, -0.2) is 38.7 Å². The Labute approximate surface area is 115 Å². The molecule has 1 saturated heterocycles. The van der Waals surface area contributed by atoms with Gasteiger partial charge in [-0.05, 0) is 33.4 Å². The van der Waals surface area contributed by atoms with Crippen LogP contribution >= 0.6 is 11.3 Å². The van der Waals surface area contributed by atoms with Gasteiger partial charge in [0.25, 0.3) is 0 Å². The maximum absolute atomic E-state index is 4.57. The van der Waals surface area contributed by atoms with Crippen LogP contribution in [0.5, 0.6) is 0 Å². The first-order valence-electron chi connectivity index (χ1n) is 6.31. The van der Waals surface area contributed by atoms with Gasteiger partial charge in [0.15, 0.2) is 0 Å². The van der Waals surface area contributed by atoms with Crippen LogP contribution in [0, 0.1) is 6.92 Å². The molecule has 3 heterocycles. The van der Waals surface area contributed by atoms with Crippen LogP contribution in [0.3, 0.4) is 0 Å². The molecule has 0 saturated carbocycles. The van der Waals surface area contributed by atoms with Gasteiger partial charge in [0.2, 0.25) is 5.13 Å². The Morgan fingerprint density at radius 1 is 1.42 bits per heavy atom. The predicted molar refractivity (Wildman–Crippen MR) is 74.6 cm³/mol. The molecular formula is C12H16N6S. The second-order valence-electron chi connectivity index (χ2n) is 4.73. The number of aryl methyl sites for hydroxylation is 1. The third-order valence-electron chi connectivity index (χ3n) is 3.31. The topological polar surface area (TPSA) is 66.8 Å². The molecule has 1 unspecified atom stereocenters. The van der Waals surface area contributed by atoms with Crippen molar-refractivity contribution in [2.75, 3.05) is 18.9 Å². The van der Waals surface area contributed by atoms with Gasteiger partial charge in [0.1, 0.15) is 17.2 Å². The van der Waals surface area contributed by atoms with E-state index in [4.69, 9.17) is 0 Å². The quantitative estimate of drug-likeness (QED) is 0.926. The smallest absolute Gasteiger partial charge is 0.210 e. The molecule has 0 amide bonds. The van der Waals surface area contributed by atoms with Crippen LogP contribution < -0.4 is 5.32 Å². The lowest BCUT2D eigenvalue weighted by Crippen LogP contribution is -2.19. The molecule has 1 fully saturated rings. The summed E-state index contributed by atoms with van der Waals surface area (Å²) in [6.45, 7) is 3.05. The van der Waals surface area contributed by atoms with Crippen molar-refractivity contribution in [3.8, 4) is 0 Å². The van der Waals surface area contributed by atoms with Crippen LogP contribution in [-0.2, 0) is 0 Å². The average molecular weight is 276 g/mol. The molecule has 2 aromatic rings. The molecule has 3 rings (SSSR count). The van der Waals surface area contributed by atoms with Crippen molar-refractivity contribution in [2.45, 2.75) is 25.8 Å². The molecule has 100 valence electrons. The lowest BCUT2D eigenvalue weighted by molar-refractivity contribution is 0.311. The number of likely N-dealkylation sites (tertiary alicyclic amines) is 1. The maximum Gasteiger partial charge on any atom is 0.210 e. The van der Waals surface area contributed by atoms with Crippen molar-refractivity contribution in [2.24, 2.45) is 0 Å². The van der Waals surface area contributed by atoms with E-state index < -0.39 is 0 Å². The first-order chi connectivity index (χ1) is 9.22. The minimum Gasteiger partial charge on any atom is -0.315 e. The van der Waals surface area contributed by atoms with Crippen molar-refractivity contribution in [1.29, 1.82) is 0 Å². The summed E-state index contributed by atoms with van der Waals surface area (Å²) in [7, 11) is 2.15. The van der Waals surface area contributed by atoms with Gasteiger partial charge in [-0.3, -0.25) is 4.90 Å². The van der Waals surface area contributed by atoms with Crippen molar-refractivity contribution in [3.63, 3.8) is 0 Å². The largest absolute Gasteiger partial charge is 0.315 e. The summed E-state index contributed by atoms with van der Waals surface area (Å²) in [5.74, 6) is 1.57. The highest BCUT2D eigenvalue weighted by Crippen LogP contribution is 2.30. The van der Waals surface area contributed by atoms with Crippen molar-refractivity contribution in [3.05, 3.63) is 23.1 Å². The first-order valence-corrected chi connectivity index (χ1v) is 7.19. The molecule has 0 radical (unpaired) electrons. The normalized spacial score (nSPS) is 19.8. The molecule has 1 aliphatic heterocycles. The molecule has 1 atom stereocenters. The average Bonchev–Trinajstić information content (AvgIpc) is 2.99. The minimum absolute atomic E-state index is 0.400. The molecule has 0 bridgehead atoms. The van der Waals surface area contributed by atoms with Crippen LogP contribution in [0.25, 0.3) is 0 Å². The van der Waals surface area contributed by atoms with Gasteiger partial charge in [-0.15, -0.1) is 10.2 Å². The highest BCUT2D eigenvalue weighted by molar-refractivity contribution is 7.13. The molecule has 0 aromatic carbocycles. The summed E-state index contributed by atoms with van der Waals surface area (Å²) in [5, 5.41) is 11.7. The molecule has 19 heavy (non-hydrogen) atoms. The maximum atomic E-state index is 4.57. The van der Waals surface area contributed by atoms with Gasteiger partial charge in [0.05, 0.1) is 11.7 Å². The number of nitrogens with zero attached hydrogens (tertiary/aromatic N) is 5. The molecule has 0 spiro atoms. The van der Waals surface area contributed by atoms with Crippen molar-refractivity contribution in [1.82, 2.24) is 25.1 Å². The fourth-order valence-electron chi connectivity index (χ4n) is 2.45. The molecular weight excluding hydrogens is 260 g/mol. The zero-order valence-corrected chi connectivity index (χ0v) is 11.8. The first kappa shape index (κ1) is 12.4. The summed E-state index contributed by atoms with van der Waals surface area (Å²) in [6.07, 6.45) is 2.38. The van der Waals surface area contributed by atoms with Gasteiger partial charge in [0, 0.05) is 6.07 Å². The Balaban J connectivity index is 1.87. The summed E-state index contributed by atoms with van der Waals surface area (Å²) in [6, 6.07) is 2.41. The van der Waals surface area contributed by atoms with Crippen molar-refractivity contribution >= 4 is 22.3 Å². The number of rotatable bonds is 3. The van der Waals surface area contributed by atoms with E-state index in [1.165, 1.54) is 17.8 Å². The number of nitrogens with one attached hydrogen (secondary N) is 1. The minimum atomic E-state index is 0.400. The third-order valence-corrected chi connectivity index (χ3v) is 3.92. The zero-order valence-electron chi connectivity index (χ0n) is 11.0. The van der Waals surface area contributed by atoms with Gasteiger partial charge in [-0.25, -0.2) is 9.97 Å². The third kappa shape index (κ3) is 2.71. The lowest BCUT2D eigenvalue weighted by atomic mass is 10.1. The van der Waals surface area contributed by atoms with Crippen LogP contribution in [0.2, 0.25) is 0 Å². The number of anilines is 2. The van der Waals surface area contributed by atoms with Crippen LogP contribution in [0.15, 0.2) is 11.6 Å². The van der Waals surface area contributed by atoms with E-state index in [1.54, 1.807) is 5.51 Å². The summed E-state index contributed by atoms with van der Waals surface area (Å²) in [5.41, 5.74) is 2.78. The standard InChI is InChI=1S/C12H16N6S/c1-8-14-9(10-4-3-5-18(10)2)6-11(15-8)16-12-17-13-7-19-12/h6-7,10H,3-5H2,1-2H3,(H,14,15,16,17). The highest BCUT2D eigenvalue weighted by atomic mass is 32.1. The van der Waals surface area contributed by atoms with E-state index in [0.29, 0.717) is 6.04 Å². The van der Waals surface area contributed by atoms with Crippen molar-refractivity contribution < 1.29 is 0 Å². The molecule has 0 aliphatic carbocycles. The van der Waals surface area contributed by atoms with Gasteiger partial charge >= 0.3 is 0 Å². The fourth-order valence-corrected chi connectivity index (χ4v) is 2.90. The van der Waals surface area contributed by atoms with Crippen LogP contribution in [0.4, 0.5) is 10.9 Å². The van der Waals surface area contributed by atoms with E-state index in [-0.39, 0.29) is 0 Å². The van der Waals surface area contributed by atoms with E-state index in [9.17, 15) is 0 Å². The number of hydrogen-bond acceptors (Lipinski definition) is 7. The Morgan fingerprint density at radius 3 is 3.00 bits per heavy atom. The Hall–Kier alpha value is -1.60. The Morgan fingerprint density at radius 2 is 2.32 bits per heavy atom. The van der Waals surface area contributed by atoms with Gasteiger partial charge < -0.3 is 5.32 Å². The molecule has 1 aliphatic rings. The summed E-state index contributed by atoms with van der Waals surface area (Å²) < 4.78 is 0. The van der Waals surface area contributed by atoms with Gasteiger partial charge in [-0.1, -0.05) is 11.3 Å².